The molecule has 1 aliphatic carbocycles. The molecule has 1 fully saturated rings. The van der Waals surface area contributed by atoms with Crippen molar-refractivity contribution in [2.24, 2.45) is 11.8 Å². The standard InChI is InChI=1S/C19H24N2O3S/c1-10-4-6-12-15(8-10)25-19-16(12)18(22)20-17(21-19)11-5-7-13(23-2)14(9-11)24-3/h5,7,9-10,16-17,19,21H,4,6,8H2,1-3H3,(H,20,22). The van der Waals surface area contributed by atoms with E-state index in [-0.39, 0.29) is 23.4 Å². The molecule has 4 unspecified atom stereocenters. The highest BCUT2D eigenvalue weighted by Crippen LogP contribution is 2.50. The number of fused-ring (bicyclic) bond motifs is 2. The summed E-state index contributed by atoms with van der Waals surface area (Å²) in [6.07, 6.45) is 3.15. The van der Waals surface area contributed by atoms with Gasteiger partial charge in [-0.3, -0.25) is 10.1 Å². The molecule has 2 aliphatic heterocycles. The van der Waals surface area contributed by atoms with Gasteiger partial charge in [-0.05, 0) is 53.4 Å². The fraction of sp³-hybridized carbons (Fsp3) is 0.526. The topological polar surface area (TPSA) is 59.6 Å². The van der Waals surface area contributed by atoms with E-state index in [1.165, 1.54) is 16.9 Å². The molecule has 4 atom stereocenters. The molecule has 0 spiro atoms. The van der Waals surface area contributed by atoms with Crippen molar-refractivity contribution < 1.29 is 14.3 Å². The molecule has 4 rings (SSSR count). The molecule has 2 heterocycles. The van der Waals surface area contributed by atoms with Gasteiger partial charge in [0.2, 0.25) is 5.91 Å². The third kappa shape index (κ3) is 2.91. The van der Waals surface area contributed by atoms with Crippen LogP contribution in [-0.2, 0) is 4.79 Å². The number of rotatable bonds is 3. The van der Waals surface area contributed by atoms with Crippen molar-refractivity contribution >= 4 is 17.7 Å². The molecule has 1 saturated heterocycles. The quantitative estimate of drug-likeness (QED) is 0.867. The Balaban J connectivity index is 1.56. The highest BCUT2D eigenvalue weighted by Gasteiger charge is 2.46. The van der Waals surface area contributed by atoms with Crippen LogP contribution in [0.15, 0.2) is 28.7 Å². The summed E-state index contributed by atoms with van der Waals surface area (Å²) in [6, 6.07) is 5.77. The Labute approximate surface area is 152 Å². The Morgan fingerprint density at radius 2 is 2.00 bits per heavy atom. The first-order valence-electron chi connectivity index (χ1n) is 8.77. The van der Waals surface area contributed by atoms with Gasteiger partial charge >= 0.3 is 0 Å². The third-order valence-corrected chi connectivity index (χ3v) is 6.76. The SMILES string of the molecule is COc1ccc(C2NC(=O)C3C4=C(CC(C)CC4)SC3N2)cc1OC. The molecule has 0 radical (unpaired) electrons. The fourth-order valence-corrected chi connectivity index (χ4v) is 5.72. The minimum atomic E-state index is -0.208. The van der Waals surface area contributed by atoms with Crippen molar-refractivity contribution in [3.8, 4) is 11.5 Å². The molecule has 25 heavy (non-hydrogen) atoms. The Morgan fingerprint density at radius 3 is 2.76 bits per heavy atom. The largest absolute Gasteiger partial charge is 0.493 e. The maximum Gasteiger partial charge on any atom is 0.231 e. The Bertz CT molecular complexity index is 733. The Hall–Kier alpha value is -1.66. The van der Waals surface area contributed by atoms with Crippen LogP contribution in [-0.4, -0.2) is 25.5 Å². The zero-order valence-electron chi connectivity index (χ0n) is 14.8. The van der Waals surface area contributed by atoms with Crippen molar-refractivity contribution in [3.63, 3.8) is 0 Å². The van der Waals surface area contributed by atoms with Gasteiger partial charge in [-0.2, -0.15) is 0 Å². The number of benzene rings is 1. The lowest BCUT2D eigenvalue weighted by molar-refractivity contribution is -0.127. The molecule has 1 aromatic carbocycles. The van der Waals surface area contributed by atoms with Gasteiger partial charge in [0.25, 0.3) is 0 Å². The second-order valence-corrected chi connectivity index (χ2v) is 8.27. The van der Waals surface area contributed by atoms with Crippen molar-refractivity contribution in [1.29, 1.82) is 0 Å². The molecule has 2 N–H and O–H groups in total. The smallest absolute Gasteiger partial charge is 0.231 e. The summed E-state index contributed by atoms with van der Waals surface area (Å²) >= 11 is 1.85. The summed E-state index contributed by atoms with van der Waals surface area (Å²) in [5.41, 5.74) is 2.34. The van der Waals surface area contributed by atoms with Crippen LogP contribution in [0.4, 0.5) is 0 Å². The van der Waals surface area contributed by atoms with Crippen molar-refractivity contribution in [3.05, 3.63) is 34.2 Å². The van der Waals surface area contributed by atoms with Gasteiger partial charge in [-0.1, -0.05) is 13.0 Å². The van der Waals surface area contributed by atoms with Crippen LogP contribution in [0, 0.1) is 11.8 Å². The maximum atomic E-state index is 12.8. The first-order valence-corrected chi connectivity index (χ1v) is 9.65. The van der Waals surface area contributed by atoms with Crippen molar-refractivity contribution in [2.45, 2.75) is 37.7 Å². The maximum absolute atomic E-state index is 12.8. The second kappa shape index (κ2) is 6.57. The highest BCUT2D eigenvalue weighted by molar-refractivity contribution is 8.04. The third-order valence-electron chi connectivity index (χ3n) is 5.39. The molecule has 134 valence electrons. The van der Waals surface area contributed by atoms with E-state index < -0.39 is 0 Å². The predicted octanol–water partition coefficient (Wildman–Crippen LogP) is 3.19. The summed E-state index contributed by atoms with van der Waals surface area (Å²) in [5.74, 6) is 2.19. The normalized spacial score (nSPS) is 31.2. The first-order chi connectivity index (χ1) is 12.1. The average molecular weight is 360 g/mol. The van der Waals surface area contributed by atoms with Gasteiger partial charge in [0.05, 0.1) is 25.5 Å². The van der Waals surface area contributed by atoms with Crippen LogP contribution in [0.1, 0.15) is 37.9 Å². The predicted molar refractivity (Wildman–Crippen MR) is 98.5 cm³/mol. The lowest BCUT2D eigenvalue weighted by atomic mass is 9.83. The van der Waals surface area contributed by atoms with Gasteiger partial charge in [0.1, 0.15) is 6.17 Å². The number of carbonyl (C=O) groups excluding carboxylic acids is 1. The number of ether oxygens (including phenoxy) is 2. The number of hydrogen-bond donors (Lipinski definition) is 2. The van der Waals surface area contributed by atoms with Crippen LogP contribution in [0.3, 0.4) is 0 Å². The van der Waals surface area contributed by atoms with E-state index in [2.05, 4.69) is 17.6 Å². The fourth-order valence-electron chi connectivity index (χ4n) is 4.02. The zero-order chi connectivity index (χ0) is 17.6. The van der Waals surface area contributed by atoms with Crippen LogP contribution >= 0.6 is 11.8 Å². The summed E-state index contributed by atoms with van der Waals surface area (Å²) < 4.78 is 10.7. The van der Waals surface area contributed by atoms with Crippen molar-refractivity contribution in [2.75, 3.05) is 14.2 Å². The molecule has 0 bridgehead atoms. The number of amides is 1. The molecule has 6 heteroatoms. The number of carbonyl (C=O) groups is 1. The molecule has 0 aromatic heterocycles. The van der Waals surface area contributed by atoms with Gasteiger partial charge in [-0.15, -0.1) is 11.8 Å². The summed E-state index contributed by atoms with van der Waals surface area (Å²) in [4.78, 5) is 14.3. The summed E-state index contributed by atoms with van der Waals surface area (Å²) in [7, 11) is 3.24. The van der Waals surface area contributed by atoms with Crippen LogP contribution < -0.4 is 20.1 Å². The number of nitrogens with one attached hydrogen (secondary N) is 2. The number of hydrogen-bond acceptors (Lipinski definition) is 5. The van der Waals surface area contributed by atoms with E-state index in [4.69, 9.17) is 9.47 Å². The van der Waals surface area contributed by atoms with Crippen LogP contribution in [0.25, 0.3) is 0 Å². The number of thioether (sulfide) groups is 1. The van der Waals surface area contributed by atoms with E-state index in [1.807, 2.05) is 30.0 Å². The summed E-state index contributed by atoms with van der Waals surface area (Å²) in [6.45, 7) is 2.30. The first kappa shape index (κ1) is 16.8. The van der Waals surface area contributed by atoms with Gasteiger partial charge < -0.3 is 14.8 Å². The highest BCUT2D eigenvalue weighted by atomic mass is 32.2. The molecule has 3 aliphatic rings. The van der Waals surface area contributed by atoms with E-state index >= 15 is 0 Å². The molecular weight excluding hydrogens is 336 g/mol. The lowest BCUT2D eigenvalue weighted by Gasteiger charge is -2.35. The Kier molecular flexibility index (Phi) is 4.41. The number of allylic oxidation sites excluding steroid dienone is 1. The lowest BCUT2D eigenvalue weighted by Crippen LogP contribution is -2.54. The molecule has 0 saturated carbocycles. The van der Waals surface area contributed by atoms with E-state index in [9.17, 15) is 4.79 Å². The zero-order valence-corrected chi connectivity index (χ0v) is 15.6. The molecule has 5 nitrogen and oxygen atoms in total. The average Bonchev–Trinajstić information content (AvgIpc) is 2.98. The molecular formula is C19H24N2O3S. The minimum absolute atomic E-state index is 0.0242. The van der Waals surface area contributed by atoms with E-state index in [0.29, 0.717) is 11.5 Å². The van der Waals surface area contributed by atoms with Gasteiger partial charge in [0.15, 0.2) is 11.5 Å². The number of methoxy groups -OCH3 is 2. The van der Waals surface area contributed by atoms with Gasteiger partial charge in [-0.25, -0.2) is 0 Å². The van der Waals surface area contributed by atoms with E-state index in [1.54, 1.807) is 14.2 Å². The molecule has 1 aromatic rings. The Morgan fingerprint density at radius 1 is 1.20 bits per heavy atom. The minimum Gasteiger partial charge on any atom is -0.493 e. The second-order valence-electron chi connectivity index (χ2n) is 7.04. The summed E-state index contributed by atoms with van der Waals surface area (Å²) in [5, 5.41) is 6.89. The van der Waals surface area contributed by atoms with Crippen LogP contribution in [0.2, 0.25) is 0 Å². The molecule has 1 amide bonds. The van der Waals surface area contributed by atoms with Crippen LogP contribution in [0.5, 0.6) is 11.5 Å². The monoisotopic (exact) mass is 360 g/mol. The van der Waals surface area contributed by atoms with Crippen molar-refractivity contribution in [1.82, 2.24) is 10.6 Å². The van der Waals surface area contributed by atoms with Gasteiger partial charge in [0, 0.05) is 0 Å². The van der Waals surface area contributed by atoms with E-state index in [0.717, 1.165) is 24.3 Å².